The Labute approximate surface area is 189 Å². The van der Waals surface area contributed by atoms with Crippen LogP contribution in [0.2, 0.25) is 0 Å². The number of aromatic amines is 1. The maximum absolute atomic E-state index is 13.1. The van der Waals surface area contributed by atoms with Gasteiger partial charge in [-0.05, 0) is 51.7 Å². The van der Waals surface area contributed by atoms with Gasteiger partial charge in [-0.3, -0.25) is 4.79 Å². The third kappa shape index (κ3) is 7.09. The van der Waals surface area contributed by atoms with E-state index in [1.165, 1.54) is 0 Å². The Balaban J connectivity index is 2.18. The number of esters is 1. The molecular formula is C24H35N3O5. The molecule has 1 heterocycles. The fraction of sp³-hybridized carbons (Fsp3) is 0.542. The molecule has 0 bridgehead atoms. The van der Waals surface area contributed by atoms with E-state index in [1.54, 1.807) is 27.7 Å². The minimum absolute atomic E-state index is 0.154. The lowest BCUT2D eigenvalue weighted by Gasteiger charge is -2.24. The van der Waals surface area contributed by atoms with E-state index in [0.29, 0.717) is 6.42 Å². The molecule has 0 saturated carbocycles. The Morgan fingerprint density at radius 2 is 1.78 bits per heavy atom. The second kappa shape index (κ2) is 11.1. The van der Waals surface area contributed by atoms with Crippen molar-refractivity contribution in [3.8, 4) is 0 Å². The van der Waals surface area contributed by atoms with Gasteiger partial charge in [-0.25, -0.2) is 9.59 Å². The summed E-state index contributed by atoms with van der Waals surface area (Å²) in [5, 5.41) is 3.77. The van der Waals surface area contributed by atoms with E-state index < -0.39 is 35.3 Å². The van der Waals surface area contributed by atoms with Crippen LogP contribution in [0.1, 0.15) is 53.5 Å². The van der Waals surface area contributed by atoms with Crippen LogP contribution in [0, 0.1) is 11.3 Å². The van der Waals surface area contributed by atoms with Crippen LogP contribution in [0.15, 0.2) is 30.5 Å². The van der Waals surface area contributed by atoms with Gasteiger partial charge in [0.25, 0.3) is 0 Å². The van der Waals surface area contributed by atoms with Gasteiger partial charge in [-0.1, -0.05) is 32.0 Å². The van der Waals surface area contributed by atoms with Crippen LogP contribution in [0.5, 0.6) is 0 Å². The molecule has 1 amide bonds. The summed E-state index contributed by atoms with van der Waals surface area (Å²) in [5.74, 6) is -1.26. The second-order valence-corrected chi connectivity index (χ2v) is 9.32. The standard InChI is InChI=1S/C24H35N3O5/c1-7-31-22(29)20(13-16-14-25-18-11-9-8-10-17(16)18)26-21(28)19(12-15(2)3)27-32-23(30)24(4,5)6/h8-11,14-15,19-20,25,27H,7,12-13H2,1-6H3,(H,26,28)/t19-,20-/m1/s1. The van der Waals surface area contributed by atoms with E-state index in [9.17, 15) is 14.4 Å². The summed E-state index contributed by atoms with van der Waals surface area (Å²) in [6.45, 7) is 11.0. The number of carbonyl (C=O) groups is 3. The SMILES string of the molecule is CCOC(=O)[C@@H](Cc1c[nH]c2ccccc12)NC(=O)[C@@H](CC(C)C)NOC(=O)C(C)(C)C. The van der Waals surface area contributed by atoms with E-state index in [4.69, 9.17) is 9.57 Å². The molecule has 0 aliphatic carbocycles. The summed E-state index contributed by atoms with van der Waals surface area (Å²) in [4.78, 5) is 46.2. The molecule has 0 unspecified atom stereocenters. The minimum Gasteiger partial charge on any atom is -0.464 e. The summed E-state index contributed by atoms with van der Waals surface area (Å²) >= 11 is 0. The number of rotatable bonds is 10. The van der Waals surface area contributed by atoms with Crippen LogP contribution in [-0.2, 0) is 30.4 Å². The lowest BCUT2D eigenvalue weighted by atomic mass is 9.98. The normalized spacial score (nSPS) is 13.6. The third-order valence-electron chi connectivity index (χ3n) is 4.92. The zero-order valence-electron chi connectivity index (χ0n) is 19.8. The largest absolute Gasteiger partial charge is 0.464 e. The lowest BCUT2D eigenvalue weighted by molar-refractivity contribution is -0.164. The topological polar surface area (TPSA) is 110 Å². The Kier molecular flexibility index (Phi) is 8.83. The Hall–Kier alpha value is -2.87. The number of hydrogen-bond donors (Lipinski definition) is 3. The van der Waals surface area contributed by atoms with Crippen LogP contribution in [0.4, 0.5) is 0 Å². The predicted octanol–water partition coefficient (Wildman–Crippen LogP) is 3.27. The van der Waals surface area contributed by atoms with E-state index in [2.05, 4.69) is 15.8 Å². The van der Waals surface area contributed by atoms with Crippen molar-refractivity contribution >= 4 is 28.7 Å². The predicted molar refractivity (Wildman–Crippen MR) is 122 cm³/mol. The van der Waals surface area contributed by atoms with Crippen molar-refractivity contribution in [3.05, 3.63) is 36.0 Å². The van der Waals surface area contributed by atoms with Crippen molar-refractivity contribution in [2.75, 3.05) is 6.61 Å². The van der Waals surface area contributed by atoms with E-state index in [0.717, 1.165) is 16.5 Å². The average molecular weight is 446 g/mol. The fourth-order valence-corrected chi connectivity index (χ4v) is 3.19. The molecule has 8 heteroatoms. The maximum atomic E-state index is 13.1. The fourth-order valence-electron chi connectivity index (χ4n) is 3.19. The summed E-state index contributed by atoms with van der Waals surface area (Å²) in [7, 11) is 0. The van der Waals surface area contributed by atoms with E-state index in [1.807, 2.05) is 44.3 Å². The molecule has 2 aromatic rings. The summed E-state index contributed by atoms with van der Waals surface area (Å²) < 4.78 is 5.20. The molecule has 2 rings (SSSR count). The molecule has 0 saturated heterocycles. The number of carbonyl (C=O) groups excluding carboxylic acids is 3. The summed E-state index contributed by atoms with van der Waals surface area (Å²) in [6.07, 6.45) is 2.52. The molecule has 8 nitrogen and oxygen atoms in total. The maximum Gasteiger partial charge on any atom is 0.330 e. The van der Waals surface area contributed by atoms with Gasteiger partial charge in [0.15, 0.2) is 0 Å². The molecular weight excluding hydrogens is 410 g/mol. The van der Waals surface area contributed by atoms with Gasteiger partial charge in [-0.2, -0.15) is 0 Å². The molecule has 2 atom stereocenters. The smallest absolute Gasteiger partial charge is 0.330 e. The zero-order chi connectivity index (χ0) is 23.9. The van der Waals surface area contributed by atoms with Crippen molar-refractivity contribution < 1.29 is 24.0 Å². The Bertz CT molecular complexity index is 929. The van der Waals surface area contributed by atoms with Crippen LogP contribution in [-0.4, -0.2) is 41.5 Å². The Morgan fingerprint density at radius 1 is 1.09 bits per heavy atom. The minimum atomic E-state index is -0.878. The first-order valence-electron chi connectivity index (χ1n) is 11.0. The van der Waals surface area contributed by atoms with Crippen molar-refractivity contribution in [2.24, 2.45) is 11.3 Å². The zero-order valence-corrected chi connectivity index (χ0v) is 19.8. The molecule has 32 heavy (non-hydrogen) atoms. The number of aromatic nitrogens is 1. The van der Waals surface area contributed by atoms with Gasteiger partial charge in [-0.15, -0.1) is 5.48 Å². The monoisotopic (exact) mass is 445 g/mol. The lowest BCUT2D eigenvalue weighted by Crippen LogP contribution is -2.52. The number of hydroxylamine groups is 1. The third-order valence-corrected chi connectivity index (χ3v) is 4.92. The molecule has 1 aromatic carbocycles. The highest BCUT2D eigenvalue weighted by Gasteiger charge is 2.30. The van der Waals surface area contributed by atoms with Crippen molar-refractivity contribution in [2.45, 2.75) is 66.5 Å². The number of nitrogens with one attached hydrogen (secondary N) is 3. The Morgan fingerprint density at radius 3 is 2.41 bits per heavy atom. The molecule has 0 spiro atoms. The van der Waals surface area contributed by atoms with Gasteiger partial charge in [0.2, 0.25) is 5.91 Å². The highest BCUT2D eigenvalue weighted by molar-refractivity contribution is 5.89. The van der Waals surface area contributed by atoms with Gasteiger partial charge in [0.05, 0.1) is 12.0 Å². The number of benzene rings is 1. The molecule has 176 valence electrons. The first-order valence-corrected chi connectivity index (χ1v) is 11.0. The van der Waals surface area contributed by atoms with E-state index in [-0.39, 0.29) is 18.9 Å². The number of H-pyrrole nitrogens is 1. The summed E-state index contributed by atoms with van der Waals surface area (Å²) in [6, 6.07) is 6.07. The molecule has 0 radical (unpaired) electrons. The quantitative estimate of drug-likeness (QED) is 0.383. The highest BCUT2D eigenvalue weighted by Crippen LogP contribution is 2.20. The van der Waals surface area contributed by atoms with Gasteiger partial charge < -0.3 is 19.9 Å². The van der Waals surface area contributed by atoms with Gasteiger partial charge >= 0.3 is 11.9 Å². The van der Waals surface area contributed by atoms with Crippen LogP contribution < -0.4 is 10.8 Å². The van der Waals surface area contributed by atoms with Crippen molar-refractivity contribution in [1.29, 1.82) is 0 Å². The van der Waals surface area contributed by atoms with Crippen LogP contribution in [0.3, 0.4) is 0 Å². The average Bonchev–Trinajstić information content (AvgIpc) is 3.12. The van der Waals surface area contributed by atoms with Crippen molar-refractivity contribution in [1.82, 2.24) is 15.8 Å². The van der Waals surface area contributed by atoms with Gasteiger partial charge in [0, 0.05) is 23.5 Å². The molecule has 3 N–H and O–H groups in total. The first kappa shape index (κ1) is 25.4. The highest BCUT2D eigenvalue weighted by atomic mass is 16.7. The number of hydrogen-bond acceptors (Lipinski definition) is 6. The van der Waals surface area contributed by atoms with E-state index >= 15 is 0 Å². The number of fused-ring (bicyclic) bond motifs is 1. The molecule has 0 aliphatic rings. The second-order valence-electron chi connectivity index (χ2n) is 9.32. The number of amides is 1. The number of para-hydroxylation sites is 1. The molecule has 0 fully saturated rings. The molecule has 1 aromatic heterocycles. The molecule has 0 aliphatic heterocycles. The summed E-state index contributed by atoms with van der Waals surface area (Å²) in [5.41, 5.74) is 3.73. The van der Waals surface area contributed by atoms with Crippen LogP contribution >= 0.6 is 0 Å². The first-order chi connectivity index (χ1) is 15.0. The van der Waals surface area contributed by atoms with Crippen LogP contribution in [0.25, 0.3) is 10.9 Å². The number of ether oxygens (including phenoxy) is 1. The van der Waals surface area contributed by atoms with Crippen molar-refractivity contribution in [3.63, 3.8) is 0 Å². The van der Waals surface area contributed by atoms with Gasteiger partial charge in [0.1, 0.15) is 12.1 Å².